The van der Waals surface area contributed by atoms with Crippen LogP contribution in [0.1, 0.15) is 23.6 Å². The van der Waals surface area contributed by atoms with Crippen molar-refractivity contribution < 1.29 is 9.59 Å². The van der Waals surface area contributed by atoms with Crippen LogP contribution in [0.2, 0.25) is 10.0 Å². The summed E-state index contributed by atoms with van der Waals surface area (Å²) in [6.07, 6.45) is 3.31. The highest BCUT2D eigenvalue weighted by Crippen LogP contribution is 2.76. The molecular weight excluding hydrogens is 433 g/mol. The van der Waals surface area contributed by atoms with Crippen molar-refractivity contribution in [3.63, 3.8) is 0 Å². The topological polar surface area (TPSA) is 74.1 Å². The minimum Gasteiger partial charge on any atom is -0.274 e. The van der Waals surface area contributed by atoms with Gasteiger partial charge in [0, 0.05) is 27.9 Å². The van der Waals surface area contributed by atoms with Gasteiger partial charge in [-0.05, 0) is 60.5 Å². The lowest BCUT2D eigenvalue weighted by Crippen LogP contribution is -2.42. The lowest BCUT2D eigenvalue weighted by molar-refractivity contribution is -0.125. The van der Waals surface area contributed by atoms with Crippen LogP contribution < -0.4 is 4.90 Å². The Morgan fingerprint density at radius 2 is 1.55 bits per heavy atom. The first-order valence-electron chi connectivity index (χ1n) is 9.61. The van der Waals surface area contributed by atoms with E-state index in [1.807, 2.05) is 31.2 Å². The van der Waals surface area contributed by atoms with E-state index in [9.17, 15) is 14.9 Å². The largest absolute Gasteiger partial charge is 0.274 e. The molecule has 31 heavy (non-hydrogen) atoms. The molecule has 5 rings (SSSR count). The first-order chi connectivity index (χ1) is 14.9. The number of piperidine rings is 1. The molecule has 152 valence electrons. The molecule has 2 fully saturated rings. The predicted molar refractivity (Wildman–Crippen MR) is 117 cm³/mol. The van der Waals surface area contributed by atoms with Gasteiger partial charge in [0.25, 0.3) is 0 Å². The molecule has 1 saturated heterocycles. The van der Waals surface area contributed by atoms with Crippen LogP contribution in [0.25, 0.3) is 0 Å². The van der Waals surface area contributed by atoms with Gasteiger partial charge in [0.15, 0.2) is 0 Å². The smallest absolute Gasteiger partial charge is 0.241 e. The van der Waals surface area contributed by atoms with Gasteiger partial charge in [-0.2, -0.15) is 5.26 Å². The number of fused-ring (bicyclic) bond motifs is 1. The van der Waals surface area contributed by atoms with E-state index in [-0.39, 0.29) is 11.8 Å². The number of aromatic nitrogens is 1. The average Bonchev–Trinajstić information content (AvgIpc) is 3.28. The Morgan fingerprint density at radius 3 is 2.06 bits per heavy atom. The number of imide groups is 1. The van der Waals surface area contributed by atoms with Crippen LogP contribution in [0.5, 0.6) is 0 Å². The van der Waals surface area contributed by atoms with Gasteiger partial charge in [-0.1, -0.05) is 35.3 Å². The molecule has 0 N–H and O–H groups in total. The normalized spacial score (nSPS) is 26.5. The number of hydrogen-bond acceptors (Lipinski definition) is 4. The van der Waals surface area contributed by atoms with Gasteiger partial charge >= 0.3 is 0 Å². The SMILES string of the molecule is C[C@]12C(=O)N(c3cc(Cl)cc(Cl)c3)C(=O)C1[C@@]2(c1ccncc1)c1ccc(C#N)cc1. The van der Waals surface area contributed by atoms with E-state index in [1.165, 1.54) is 4.90 Å². The molecule has 2 amide bonds. The molecule has 2 heterocycles. The molecule has 0 spiro atoms. The maximum absolute atomic E-state index is 13.7. The van der Waals surface area contributed by atoms with E-state index in [0.717, 1.165) is 11.1 Å². The second kappa shape index (κ2) is 6.65. The number of rotatable bonds is 3. The van der Waals surface area contributed by atoms with Crippen LogP contribution in [-0.2, 0) is 15.0 Å². The molecule has 3 atom stereocenters. The average molecular weight is 448 g/mol. The molecule has 2 aromatic carbocycles. The number of pyridine rings is 1. The fourth-order valence-corrected chi connectivity index (χ4v) is 5.75. The fourth-order valence-electron chi connectivity index (χ4n) is 5.24. The first-order valence-corrected chi connectivity index (χ1v) is 10.4. The van der Waals surface area contributed by atoms with Crippen molar-refractivity contribution in [2.75, 3.05) is 4.90 Å². The van der Waals surface area contributed by atoms with Crippen molar-refractivity contribution in [1.29, 1.82) is 5.26 Å². The number of amides is 2. The molecule has 1 aliphatic carbocycles. The van der Waals surface area contributed by atoms with Crippen molar-refractivity contribution >= 4 is 40.7 Å². The monoisotopic (exact) mass is 447 g/mol. The molecule has 1 saturated carbocycles. The Kier molecular flexibility index (Phi) is 4.23. The van der Waals surface area contributed by atoms with Gasteiger partial charge in [0.2, 0.25) is 11.8 Å². The van der Waals surface area contributed by atoms with Gasteiger partial charge in [-0.3, -0.25) is 14.6 Å². The number of anilines is 1. The Morgan fingerprint density at radius 1 is 0.968 bits per heavy atom. The standard InChI is InChI=1S/C24H15Cl2N3O2/c1-23-20(21(30)29(22(23)31)19-11-17(25)10-18(26)12-19)24(23,16-6-8-28-9-7-16)15-4-2-14(13-27)3-5-15/h2-12,20H,1H3/t20?,23-,24+/m1/s1. The summed E-state index contributed by atoms with van der Waals surface area (Å²) in [5.74, 6) is -1.20. The van der Waals surface area contributed by atoms with Gasteiger partial charge in [0.1, 0.15) is 0 Å². The third-order valence-electron chi connectivity index (χ3n) is 6.57. The highest BCUT2D eigenvalue weighted by molar-refractivity contribution is 6.36. The van der Waals surface area contributed by atoms with Crippen LogP contribution in [0.4, 0.5) is 5.69 Å². The molecule has 0 radical (unpaired) electrons. The van der Waals surface area contributed by atoms with Crippen molar-refractivity contribution in [2.24, 2.45) is 11.3 Å². The molecule has 1 aromatic heterocycles. The third kappa shape index (κ3) is 2.46. The molecule has 0 bridgehead atoms. The second-order valence-corrected chi connectivity index (χ2v) is 8.85. The number of nitriles is 1. The molecule has 3 aromatic rings. The summed E-state index contributed by atoms with van der Waals surface area (Å²) >= 11 is 12.2. The minimum absolute atomic E-state index is 0.299. The number of carbonyl (C=O) groups is 2. The summed E-state index contributed by atoms with van der Waals surface area (Å²) < 4.78 is 0. The first kappa shape index (κ1) is 19.7. The Labute approximate surface area is 188 Å². The molecule has 1 aliphatic heterocycles. The lowest BCUT2D eigenvalue weighted by atomic mass is 9.79. The Balaban J connectivity index is 1.68. The van der Waals surface area contributed by atoms with Gasteiger partial charge in [-0.15, -0.1) is 0 Å². The molecule has 5 nitrogen and oxygen atoms in total. The maximum Gasteiger partial charge on any atom is 0.241 e. The van der Waals surface area contributed by atoms with Gasteiger partial charge in [-0.25, -0.2) is 4.90 Å². The van der Waals surface area contributed by atoms with Gasteiger partial charge in [0.05, 0.1) is 28.7 Å². The van der Waals surface area contributed by atoms with E-state index in [2.05, 4.69) is 11.1 Å². The predicted octanol–water partition coefficient (Wildman–Crippen LogP) is 4.76. The summed E-state index contributed by atoms with van der Waals surface area (Å²) in [4.78, 5) is 32.6. The molecule has 7 heteroatoms. The summed E-state index contributed by atoms with van der Waals surface area (Å²) in [5, 5.41) is 9.87. The zero-order chi connectivity index (χ0) is 22.0. The summed E-state index contributed by atoms with van der Waals surface area (Å²) in [5.41, 5.74) is 0.702. The summed E-state index contributed by atoms with van der Waals surface area (Å²) in [6, 6.07) is 17.5. The van der Waals surface area contributed by atoms with Crippen LogP contribution in [0, 0.1) is 22.7 Å². The number of benzene rings is 2. The highest BCUT2D eigenvalue weighted by Gasteiger charge is 2.86. The van der Waals surface area contributed by atoms with E-state index in [4.69, 9.17) is 23.2 Å². The quantitative estimate of drug-likeness (QED) is 0.542. The summed E-state index contributed by atoms with van der Waals surface area (Å²) in [7, 11) is 0. The molecule has 2 aliphatic rings. The second-order valence-electron chi connectivity index (χ2n) is 7.97. The van der Waals surface area contributed by atoms with E-state index in [0.29, 0.717) is 21.3 Å². The molecular formula is C24H15Cl2N3O2. The number of nitrogens with zero attached hydrogens (tertiary/aromatic N) is 3. The zero-order valence-corrected chi connectivity index (χ0v) is 17.9. The lowest BCUT2D eigenvalue weighted by Gasteiger charge is -2.29. The number of carbonyl (C=O) groups excluding carboxylic acids is 2. The van der Waals surface area contributed by atoms with Gasteiger partial charge < -0.3 is 0 Å². The number of halogens is 2. The minimum atomic E-state index is -0.992. The molecule has 1 unspecified atom stereocenters. The zero-order valence-electron chi connectivity index (χ0n) is 16.3. The fraction of sp³-hybridized carbons (Fsp3) is 0.167. The highest BCUT2D eigenvalue weighted by atomic mass is 35.5. The third-order valence-corrected chi connectivity index (χ3v) is 7.01. The van der Waals surface area contributed by atoms with Crippen LogP contribution in [-0.4, -0.2) is 16.8 Å². The van der Waals surface area contributed by atoms with Crippen LogP contribution in [0.15, 0.2) is 67.0 Å². The van der Waals surface area contributed by atoms with Crippen LogP contribution >= 0.6 is 23.2 Å². The van der Waals surface area contributed by atoms with E-state index in [1.54, 1.807) is 42.7 Å². The number of hydrogen-bond donors (Lipinski definition) is 0. The van der Waals surface area contributed by atoms with Crippen molar-refractivity contribution in [2.45, 2.75) is 12.3 Å². The van der Waals surface area contributed by atoms with Crippen molar-refractivity contribution in [3.8, 4) is 6.07 Å². The van der Waals surface area contributed by atoms with Crippen molar-refractivity contribution in [1.82, 2.24) is 4.98 Å². The maximum atomic E-state index is 13.7. The Hall–Kier alpha value is -3.20. The van der Waals surface area contributed by atoms with Crippen LogP contribution in [0.3, 0.4) is 0 Å². The Bertz CT molecular complexity index is 1270. The van der Waals surface area contributed by atoms with E-state index >= 15 is 0 Å². The summed E-state index contributed by atoms with van der Waals surface area (Å²) in [6.45, 7) is 1.82. The van der Waals surface area contributed by atoms with Crippen molar-refractivity contribution in [3.05, 3.63) is 93.7 Å². The van der Waals surface area contributed by atoms with E-state index < -0.39 is 16.7 Å².